The van der Waals surface area contributed by atoms with E-state index in [0.717, 1.165) is 42.9 Å². The quantitative estimate of drug-likeness (QED) is 0.330. The SMILES string of the molecule is Fc1ccc(-c2nc3occn3c2-c2ccnc(N[C@@H]3CCCNC3)n2)cc1.O=S([O-])c1ccccc1. The van der Waals surface area contributed by atoms with Crippen molar-refractivity contribution in [2.24, 2.45) is 0 Å². The third-order valence-corrected chi connectivity index (χ3v) is 6.50. The maximum Gasteiger partial charge on any atom is 0.306 e. The minimum absolute atomic E-state index is 0.289. The zero-order valence-corrected chi connectivity index (χ0v) is 20.5. The highest BCUT2D eigenvalue weighted by molar-refractivity contribution is 7.79. The number of nitrogens with one attached hydrogen (secondary N) is 2. The Kier molecular flexibility index (Phi) is 7.64. The smallest absolute Gasteiger partial charge is 0.306 e. The normalized spacial score (nSPS) is 16.1. The van der Waals surface area contributed by atoms with Gasteiger partial charge < -0.3 is 19.6 Å². The molecule has 6 rings (SSSR count). The van der Waals surface area contributed by atoms with Crippen molar-refractivity contribution in [2.75, 3.05) is 18.4 Å². The number of aromatic nitrogens is 4. The van der Waals surface area contributed by atoms with E-state index in [2.05, 4.69) is 20.6 Å². The second kappa shape index (κ2) is 11.4. The van der Waals surface area contributed by atoms with Crippen LogP contribution in [0.1, 0.15) is 12.8 Å². The average molecular weight is 520 g/mol. The number of nitrogens with zero attached hydrogens (tertiary/aromatic N) is 4. The summed E-state index contributed by atoms with van der Waals surface area (Å²) in [6.45, 7) is 1.95. The fourth-order valence-corrected chi connectivity index (χ4v) is 4.47. The van der Waals surface area contributed by atoms with Crippen LogP contribution >= 0.6 is 0 Å². The van der Waals surface area contributed by atoms with Gasteiger partial charge in [-0.15, -0.1) is 0 Å². The molecule has 1 unspecified atom stereocenters. The number of oxazole rings is 1. The van der Waals surface area contributed by atoms with E-state index in [1.54, 1.807) is 61.1 Å². The predicted molar refractivity (Wildman–Crippen MR) is 137 cm³/mol. The first-order chi connectivity index (χ1) is 18.1. The highest BCUT2D eigenvalue weighted by Gasteiger charge is 2.20. The van der Waals surface area contributed by atoms with E-state index in [0.29, 0.717) is 28.4 Å². The standard InChI is InChI=1S/C20H19FN6O.C6H6O2S/c21-14-5-3-13(4-6-14)17-18(27-10-11-28-20(27)26-17)16-7-9-23-19(25-16)24-15-2-1-8-22-12-15;7-9(8)6-4-2-1-3-5-6/h3-7,9-11,15,22H,1-2,8,12H2,(H,23,24,25);1-5H,(H,7,8)/p-1/t15-;/m1./s1. The molecule has 0 amide bonds. The van der Waals surface area contributed by atoms with Gasteiger partial charge in [0.15, 0.2) is 0 Å². The van der Waals surface area contributed by atoms with Gasteiger partial charge in [0.1, 0.15) is 23.5 Å². The molecule has 5 aromatic rings. The largest absolute Gasteiger partial charge is 0.768 e. The van der Waals surface area contributed by atoms with Gasteiger partial charge in [-0.25, -0.2) is 14.4 Å². The van der Waals surface area contributed by atoms with Crippen LogP contribution in [0, 0.1) is 5.82 Å². The van der Waals surface area contributed by atoms with Crippen LogP contribution in [-0.2, 0) is 11.1 Å². The van der Waals surface area contributed by atoms with Crippen molar-refractivity contribution in [1.82, 2.24) is 24.7 Å². The Hall–Kier alpha value is -3.93. The highest BCUT2D eigenvalue weighted by Crippen LogP contribution is 2.32. The number of benzene rings is 2. The van der Waals surface area contributed by atoms with Crippen molar-refractivity contribution in [1.29, 1.82) is 0 Å². The van der Waals surface area contributed by atoms with E-state index >= 15 is 0 Å². The molecule has 11 heteroatoms. The van der Waals surface area contributed by atoms with E-state index < -0.39 is 11.1 Å². The molecule has 1 saturated heterocycles. The Morgan fingerprint density at radius 3 is 2.62 bits per heavy atom. The molecule has 0 spiro atoms. The summed E-state index contributed by atoms with van der Waals surface area (Å²) < 4.78 is 41.1. The molecule has 0 bridgehead atoms. The van der Waals surface area contributed by atoms with Crippen molar-refractivity contribution in [2.45, 2.75) is 23.8 Å². The van der Waals surface area contributed by atoms with Gasteiger partial charge in [-0.3, -0.25) is 8.61 Å². The molecule has 190 valence electrons. The molecule has 2 N–H and O–H groups in total. The van der Waals surface area contributed by atoms with Crippen molar-refractivity contribution in [3.63, 3.8) is 0 Å². The van der Waals surface area contributed by atoms with Gasteiger partial charge in [0, 0.05) is 35.4 Å². The molecular formula is C26H24FN6O3S-. The molecule has 37 heavy (non-hydrogen) atoms. The van der Waals surface area contributed by atoms with Crippen molar-refractivity contribution >= 4 is 22.9 Å². The number of piperidine rings is 1. The molecule has 1 aliphatic heterocycles. The van der Waals surface area contributed by atoms with E-state index in [-0.39, 0.29) is 5.82 Å². The zero-order chi connectivity index (χ0) is 25.6. The molecule has 1 aliphatic rings. The van der Waals surface area contributed by atoms with Gasteiger partial charge in [-0.05, 0) is 72.9 Å². The molecule has 0 saturated carbocycles. The van der Waals surface area contributed by atoms with Crippen LogP contribution in [0.2, 0.25) is 0 Å². The van der Waals surface area contributed by atoms with Crippen LogP contribution in [0.25, 0.3) is 28.5 Å². The topological polar surface area (TPSA) is 120 Å². The van der Waals surface area contributed by atoms with Gasteiger partial charge in [0.05, 0.1) is 5.69 Å². The fraction of sp³-hybridized carbons (Fsp3) is 0.192. The van der Waals surface area contributed by atoms with Gasteiger partial charge in [0.2, 0.25) is 5.95 Å². The molecule has 2 atom stereocenters. The first-order valence-corrected chi connectivity index (χ1v) is 12.8. The summed E-state index contributed by atoms with van der Waals surface area (Å²) in [5, 5.41) is 6.78. The van der Waals surface area contributed by atoms with Crippen LogP contribution in [0.5, 0.6) is 0 Å². The lowest BCUT2D eigenvalue weighted by Crippen LogP contribution is -2.38. The van der Waals surface area contributed by atoms with Gasteiger partial charge >= 0.3 is 5.84 Å². The summed E-state index contributed by atoms with van der Waals surface area (Å²) in [5.74, 6) is 0.747. The molecule has 3 aromatic heterocycles. The monoisotopic (exact) mass is 519 g/mol. The second-order valence-corrected chi connectivity index (χ2v) is 9.31. The number of imidazole rings is 1. The summed E-state index contributed by atoms with van der Waals surface area (Å²) in [7, 11) is 0. The molecule has 9 nitrogen and oxygen atoms in total. The Morgan fingerprint density at radius 2 is 1.92 bits per heavy atom. The number of hydrogen-bond acceptors (Lipinski definition) is 8. The number of halogens is 1. The molecule has 1 fully saturated rings. The third-order valence-electron chi connectivity index (χ3n) is 5.84. The van der Waals surface area contributed by atoms with E-state index in [4.69, 9.17) is 9.40 Å². The first-order valence-electron chi connectivity index (χ1n) is 11.7. The summed E-state index contributed by atoms with van der Waals surface area (Å²) in [5.41, 5.74) is 2.97. The molecular weight excluding hydrogens is 495 g/mol. The zero-order valence-electron chi connectivity index (χ0n) is 19.7. The van der Waals surface area contributed by atoms with Crippen molar-refractivity contribution < 1.29 is 17.6 Å². The molecule has 2 aromatic carbocycles. The van der Waals surface area contributed by atoms with E-state index in [1.165, 1.54) is 12.1 Å². The van der Waals surface area contributed by atoms with Crippen LogP contribution in [0.3, 0.4) is 0 Å². The minimum atomic E-state index is -2.08. The van der Waals surface area contributed by atoms with Crippen LogP contribution in [0.15, 0.2) is 88.6 Å². The lowest BCUT2D eigenvalue weighted by molar-refractivity contribution is 0.478. The fourth-order valence-electron chi connectivity index (χ4n) is 4.09. The Morgan fingerprint density at radius 1 is 1.11 bits per heavy atom. The lowest BCUT2D eigenvalue weighted by atomic mass is 10.1. The predicted octanol–water partition coefficient (Wildman–Crippen LogP) is 4.28. The Bertz CT molecular complexity index is 1480. The van der Waals surface area contributed by atoms with Gasteiger partial charge in [0.25, 0.3) is 0 Å². The Balaban J connectivity index is 0.000000265. The third kappa shape index (κ3) is 5.91. The minimum Gasteiger partial charge on any atom is -0.768 e. The van der Waals surface area contributed by atoms with E-state index in [1.807, 2.05) is 10.5 Å². The highest BCUT2D eigenvalue weighted by atomic mass is 32.2. The summed E-state index contributed by atoms with van der Waals surface area (Å²) in [6, 6.07) is 16.6. The van der Waals surface area contributed by atoms with Gasteiger partial charge in [-0.1, -0.05) is 18.2 Å². The number of anilines is 1. The van der Waals surface area contributed by atoms with Crippen molar-refractivity contribution in [3.8, 4) is 22.6 Å². The maximum atomic E-state index is 13.4. The lowest BCUT2D eigenvalue weighted by Gasteiger charge is -2.23. The van der Waals surface area contributed by atoms with Crippen molar-refractivity contribution in [3.05, 3.63) is 85.1 Å². The second-order valence-electron chi connectivity index (χ2n) is 8.37. The number of rotatable bonds is 5. The molecule has 4 heterocycles. The molecule has 0 radical (unpaired) electrons. The van der Waals surface area contributed by atoms with E-state index in [9.17, 15) is 13.2 Å². The number of fused-ring (bicyclic) bond motifs is 1. The maximum absolute atomic E-state index is 13.4. The number of hydrogen-bond donors (Lipinski definition) is 2. The summed E-state index contributed by atoms with van der Waals surface area (Å²) in [6.07, 6.45) is 7.32. The first kappa shape index (κ1) is 24.8. The Labute approximate surface area is 215 Å². The van der Waals surface area contributed by atoms with Crippen LogP contribution in [-0.4, -0.2) is 47.2 Å². The molecule has 0 aliphatic carbocycles. The average Bonchev–Trinajstić information content (AvgIpc) is 3.52. The van der Waals surface area contributed by atoms with Crippen LogP contribution < -0.4 is 10.6 Å². The van der Waals surface area contributed by atoms with Gasteiger partial charge in [-0.2, -0.15) is 4.98 Å². The van der Waals surface area contributed by atoms with Crippen LogP contribution in [0.4, 0.5) is 10.3 Å². The summed E-state index contributed by atoms with van der Waals surface area (Å²) >= 11 is -2.08. The summed E-state index contributed by atoms with van der Waals surface area (Å²) in [4.78, 5) is 14.0.